The average molecular weight is 234 g/mol. The molecule has 0 aromatic heterocycles. The Morgan fingerprint density at radius 3 is 2.65 bits per heavy atom. The fraction of sp³-hybridized carbons (Fsp3) is 0.467. The number of hydrogen-bond donors (Lipinski definition) is 1. The molecule has 0 heterocycles. The van der Waals surface area contributed by atoms with Gasteiger partial charge in [0, 0.05) is 0 Å². The molecule has 0 radical (unpaired) electrons. The SMILES string of the molecule is CCC[C@@H](C/C=C/CO)OCc1ccccc1. The highest BCUT2D eigenvalue weighted by Gasteiger charge is 2.06. The van der Waals surface area contributed by atoms with Crippen molar-refractivity contribution in [2.24, 2.45) is 0 Å². The number of rotatable bonds is 8. The summed E-state index contributed by atoms with van der Waals surface area (Å²) >= 11 is 0. The van der Waals surface area contributed by atoms with Crippen molar-refractivity contribution in [3.63, 3.8) is 0 Å². The molecule has 0 unspecified atom stereocenters. The molecular weight excluding hydrogens is 212 g/mol. The third-order valence-corrected chi connectivity index (χ3v) is 2.61. The van der Waals surface area contributed by atoms with Crippen LogP contribution < -0.4 is 0 Å². The maximum Gasteiger partial charge on any atom is 0.0720 e. The standard InChI is InChI=1S/C15H22O2/c1-2-8-15(11-6-7-12-16)17-13-14-9-4-3-5-10-14/h3-7,9-10,15-16H,2,8,11-13H2,1H3/b7-6+/t15-/m0/s1. The third kappa shape index (κ3) is 6.25. The van der Waals surface area contributed by atoms with E-state index in [9.17, 15) is 0 Å². The van der Waals surface area contributed by atoms with Gasteiger partial charge in [-0.15, -0.1) is 0 Å². The Kier molecular flexibility index (Phi) is 7.35. The first-order valence-electron chi connectivity index (χ1n) is 6.28. The van der Waals surface area contributed by atoms with Crippen molar-refractivity contribution in [3.05, 3.63) is 48.0 Å². The number of aliphatic hydroxyl groups is 1. The van der Waals surface area contributed by atoms with Crippen molar-refractivity contribution in [2.75, 3.05) is 6.61 Å². The Balaban J connectivity index is 2.36. The number of hydrogen-bond acceptors (Lipinski definition) is 2. The zero-order chi connectivity index (χ0) is 12.3. The van der Waals surface area contributed by atoms with Gasteiger partial charge >= 0.3 is 0 Å². The zero-order valence-corrected chi connectivity index (χ0v) is 10.5. The minimum absolute atomic E-state index is 0.109. The molecule has 1 rings (SSSR count). The Hall–Kier alpha value is -1.12. The van der Waals surface area contributed by atoms with Gasteiger partial charge in [0.2, 0.25) is 0 Å². The van der Waals surface area contributed by atoms with E-state index in [2.05, 4.69) is 19.1 Å². The van der Waals surface area contributed by atoms with E-state index in [0.717, 1.165) is 19.3 Å². The number of benzene rings is 1. The van der Waals surface area contributed by atoms with E-state index in [1.807, 2.05) is 24.3 Å². The summed E-state index contributed by atoms with van der Waals surface area (Å²) in [5.41, 5.74) is 1.21. The highest BCUT2D eigenvalue weighted by Crippen LogP contribution is 2.11. The molecule has 94 valence electrons. The minimum atomic E-state index is 0.109. The Morgan fingerprint density at radius 2 is 2.00 bits per heavy atom. The van der Waals surface area contributed by atoms with Crippen LogP contribution in [0.3, 0.4) is 0 Å². The fourth-order valence-electron chi connectivity index (χ4n) is 1.70. The van der Waals surface area contributed by atoms with Crippen LogP contribution in [0.5, 0.6) is 0 Å². The Bertz CT molecular complexity index is 306. The lowest BCUT2D eigenvalue weighted by molar-refractivity contribution is 0.0365. The average Bonchev–Trinajstić information content (AvgIpc) is 2.37. The first kappa shape index (κ1) is 13.9. The van der Waals surface area contributed by atoms with Crippen molar-refractivity contribution in [1.82, 2.24) is 0 Å². The van der Waals surface area contributed by atoms with Crippen molar-refractivity contribution in [3.8, 4) is 0 Å². The predicted molar refractivity (Wildman–Crippen MR) is 70.8 cm³/mol. The van der Waals surface area contributed by atoms with Gasteiger partial charge in [0.15, 0.2) is 0 Å². The van der Waals surface area contributed by atoms with Gasteiger partial charge in [0.25, 0.3) is 0 Å². The lowest BCUT2D eigenvalue weighted by atomic mass is 10.1. The second-order valence-corrected chi connectivity index (χ2v) is 4.10. The van der Waals surface area contributed by atoms with Crippen molar-refractivity contribution >= 4 is 0 Å². The monoisotopic (exact) mass is 234 g/mol. The fourth-order valence-corrected chi connectivity index (χ4v) is 1.70. The molecule has 1 aromatic carbocycles. The topological polar surface area (TPSA) is 29.5 Å². The molecule has 2 heteroatoms. The summed E-state index contributed by atoms with van der Waals surface area (Å²) in [6.07, 6.45) is 7.07. The van der Waals surface area contributed by atoms with Gasteiger partial charge in [-0.05, 0) is 18.4 Å². The normalized spacial score (nSPS) is 13.1. The summed E-state index contributed by atoms with van der Waals surface area (Å²) in [4.78, 5) is 0. The summed E-state index contributed by atoms with van der Waals surface area (Å²) in [7, 11) is 0. The molecule has 0 saturated heterocycles. The molecule has 0 spiro atoms. The van der Waals surface area contributed by atoms with Crippen LogP contribution in [0, 0.1) is 0 Å². The second kappa shape index (κ2) is 8.97. The van der Waals surface area contributed by atoms with Crippen LogP contribution >= 0.6 is 0 Å². The van der Waals surface area contributed by atoms with Gasteiger partial charge < -0.3 is 9.84 Å². The van der Waals surface area contributed by atoms with Crippen LogP contribution in [0.25, 0.3) is 0 Å². The molecule has 0 aliphatic carbocycles. The van der Waals surface area contributed by atoms with Gasteiger partial charge in [-0.1, -0.05) is 55.8 Å². The summed E-state index contributed by atoms with van der Waals surface area (Å²) in [5, 5.41) is 8.69. The molecule has 0 aliphatic heterocycles. The van der Waals surface area contributed by atoms with E-state index in [1.165, 1.54) is 5.56 Å². The molecule has 17 heavy (non-hydrogen) atoms. The lowest BCUT2D eigenvalue weighted by Crippen LogP contribution is -2.11. The Morgan fingerprint density at radius 1 is 1.24 bits per heavy atom. The predicted octanol–water partition coefficient (Wildman–Crippen LogP) is 3.31. The summed E-state index contributed by atoms with van der Waals surface area (Å²) in [5.74, 6) is 0. The first-order valence-corrected chi connectivity index (χ1v) is 6.28. The zero-order valence-electron chi connectivity index (χ0n) is 10.5. The summed E-state index contributed by atoms with van der Waals surface area (Å²) in [6, 6.07) is 10.2. The van der Waals surface area contributed by atoms with E-state index in [4.69, 9.17) is 9.84 Å². The first-order chi connectivity index (χ1) is 8.36. The van der Waals surface area contributed by atoms with Crippen LogP contribution in [0.15, 0.2) is 42.5 Å². The van der Waals surface area contributed by atoms with Gasteiger partial charge in [0.05, 0.1) is 19.3 Å². The summed E-state index contributed by atoms with van der Waals surface area (Å²) in [6.45, 7) is 2.94. The number of aliphatic hydroxyl groups excluding tert-OH is 1. The van der Waals surface area contributed by atoms with Gasteiger partial charge in [-0.2, -0.15) is 0 Å². The van der Waals surface area contributed by atoms with Crippen molar-refractivity contribution < 1.29 is 9.84 Å². The highest BCUT2D eigenvalue weighted by molar-refractivity contribution is 5.13. The van der Waals surface area contributed by atoms with Crippen molar-refractivity contribution in [2.45, 2.75) is 38.9 Å². The summed E-state index contributed by atoms with van der Waals surface area (Å²) < 4.78 is 5.88. The maximum atomic E-state index is 8.69. The Labute approximate surface area is 104 Å². The maximum absolute atomic E-state index is 8.69. The van der Waals surface area contributed by atoms with Crippen LogP contribution in [-0.4, -0.2) is 17.8 Å². The number of ether oxygens (including phenoxy) is 1. The molecule has 1 atom stereocenters. The van der Waals surface area contributed by atoms with Crippen LogP contribution in [0.4, 0.5) is 0 Å². The van der Waals surface area contributed by atoms with E-state index >= 15 is 0 Å². The van der Waals surface area contributed by atoms with Gasteiger partial charge in [0.1, 0.15) is 0 Å². The van der Waals surface area contributed by atoms with Gasteiger partial charge in [-0.25, -0.2) is 0 Å². The molecule has 1 aromatic rings. The molecule has 2 nitrogen and oxygen atoms in total. The molecule has 0 saturated carbocycles. The molecule has 0 aliphatic rings. The van der Waals surface area contributed by atoms with Gasteiger partial charge in [-0.3, -0.25) is 0 Å². The highest BCUT2D eigenvalue weighted by atomic mass is 16.5. The molecular formula is C15H22O2. The van der Waals surface area contributed by atoms with Crippen LogP contribution in [-0.2, 0) is 11.3 Å². The van der Waals surface area contributed by atoms with E-state index in [1.54, 1.807) is 6.08 Å². The minimum Gasteiger partial charge on any atom is -0.392 e. The molecule has 1 N–H and O–H groups in total. The van der Waals surface area contributed by atoms with E-state index in [0.29, 0.717) is 6.61 Å². The second-order valence-electron chi connectivity index (χ2n) is 4.10. The largest absolute Gasteiger partial charge is 0.392 e. The molecule has 0 fully saturated rings. The van der Waals surface area contributed by atoms with E-state index in [-0.39, 0.29) is 12.7 Å². The smallest absolute Gasteiger partial charge is 0.0720 e. The quantitative estimate of drug-likeness (QED) is 0.699. The van der Waals surface area contributed by atoms with Crippen LogP contribution in [0.1, 0.15) is 31.7 Å². The molecule has 0 bridgehead atoms. The van der Waals surface area contributed by atoms with Crippen molar-refractivity contribution in [1.29, 1.82) is 0 Å². The lowest BCUT2D eigenvalue weighted by Gasteiger charge is -2.15. The van der Waals surface area contributed by atoms with E-state index < -0.39 is 0 Å². The van der Waals surface area contributed by atoms with Crippen LogP contribution in [0.2, 0.25) is 0 Å². The third-order valence-electron chi connectivity index (χ3n) is 2.61. The molecule has 0 amide bonds.